The van der Waals surface area contributed by atoms with Gasteiger partial charge >= 0.3 is 0 Å². The molecule has 0 bridgehead atoms. The molecule has 0 aromatic carbocycles. The van der Waals surface area contributed by atoms with Crippen LogP contribution in [-0.4, -0.2) is 14.8 Å². The number of aryl methyl sites for hydroxylation is 1. The predicted octanol–water partition coefficient (Wildman–Crippen LogP) is 3.00. The van der Waals surface area contributed by atoms with Crippen LogP contribution in [0.4, 0.5) is 0 Å². The van der Waals surface area contributed by atoms with E-state index in [9.17, 15) is 0 Å². The molecule has 0 spiro atoms. The van der Waals surface area contributed by atoms with Gasteiger partial charge in [-0.15, -0.1) is 0 Å². The molecule has 14 heavy (non-hydrogen) atoms. The van der Waals surface area contributed by atoms with Gasteiger partial charge in [0.25, 0.3) is 0 Å². The van der Waals surface area contributed by atoms with Gasteiger partial charge in [0.05, 0.1) is 0 Å². The molecule has 0 unspecified atom stereocenters. The summed E-state index contributed by atoms with van der Waals surface area (Å²) in [7, 11) is 0. The number of aromatic amines is 1. The van der Waals surface area contributed by atoms with Gasteiger partial charge in [0.2, 0.25) is 0 Å². The number of nitrogens with zero attached hydrogens (tertiary/aromatic N) is 2. The van der Waals surface area contributed by atoms with Gasteiger partial charge < -0.3 is 4.57 Å². The summed E-state index contributed by atoms with van der Waals surface area (Å²) >= 11 is 6.83. The largest absolute Gasteiger partial charge is 0.300 e. The Morgan fingerprint density at radius 3 is 2.93 bits per heavy atom. The van der Waals surface area contributed by atoms with Crippen LogP contribution in [0.1, 0.15) is 12.5 Å². The highest BCUT2D eigenvalue weighted by atomic mass is 32.1. The van der Waals surface area contributed by atoms with Gasteiger partial charge in [-0.05, 0) is 37.0 Å². The number of aromatic nitrogens is 3. The Morgan fingerprint density at radius 1 is 1.57 bits per heavy atom. The second-order valence-corrected chi connectivity index (χ2v) is 4.20. The SMILES string of the molecule is CCn1c(-c2cscc2C)n[nH]c1=S. The van der Waals surface area contributed by atoms with E-state index in [-0.39, 0.29) is 0 Å². The van der Waals surface area contributed by atoms with Crippen molar-refractivity contribution in [2.45, 2.75) is 20.4 Å². The van der Waals surface area contributed by atoms with Gasteiger partial charge in [-0.3, -0.25) is 5.10 Å². The molecule has 0 fully saturated rings. The Morgan fingerprint density at radius 2 is 2.36 bits per heavy atom. The summed E-state index contributed by atoms with van der Waals surface area (Å²) in [6, 6.07) is 0. The quantitative estimate of drug-likeness (QED) is 0.797. The Hall–Kier alpha value is -0.940. The van der Waals surface area contributed by atoms with E-state index in [1.807, 2.05) is 4.57 Å². The van der Waals surface area contributed by atoms with Crippen molar-refractivity contribution in [1.82, 2.24) is 14.8 Å². The normalized spacial score (nSPS) is 10.7. The number of hydrogen-bond donors (Lipinski definition) is 1. The molecule has 0 amide bonds. The van der Waals surface area contributed by atoms with E-state index < -0.39 is 0 Å². The minimum Gasteiger partial charge on any atom is -0.300 e. The molecule has 0 aliphatic carbocycles. The minimum absolute atomic E-state index is 0.688. The number of nitrogens with one attached hydrogen (secondary N) is 1. The first-order chi connectivity index (χ1) is 6.74. The molecule has 1 N–H and O–H groups in total. The number of hydrogen-bond acceptors (Lipinski definition) is 3. The first kappa shape index (κ1) is 9.61. The van der Waals surface area contributed by atoms with Crippen molar-refractivity contribution >= 4 is 23.6 Å². The lowest BCUT2D eigenvalue weighted by atomic mass is 10.2. The molecule has 2 aromatic heterocycles. The fourth-order valence-corrected chi connectivity index (χ4v) is 2.49. The predicted molar refractivity (Wildman–Crippen MR) is 61.1 cm³/mol. The van der Waals surface area contributed by atoms with Gasteiger partial charge in [0.15, 0.2) is 10.6 Å². The van der Waals surface area contributed by atoms with E-state index in [0.29, 0.717) is 4.77 Å². The standard InChI is InChI=1S/C9H11N3S2/c1-3-12-8(10-11-9(12)13)7-5-14-4-6(7)2/h4-5H,3H2,1-2H3,(H,11,13). The van der Waals surface area contributed by atoms with Crippen LogP contribution in [0.2, 0.25) is 0 Å². The van der Waals surface area contributed by atoms with Crippen LogP contribution in [0.15, 0.2) is 10.8 Å². The van der Waals surface area contributed by atoms with Crippen molar-refractivity contribution in [1.29, 1.82) is 0 Å². The molecular weight excluding hydrogens is 214 g/mol. The molecule has 0 saturated heterocycles. The molecule has 2 heterocycles. The maximum atomic E-state index is 5.14. The summed E-state index contributed by atoms with van der Waals surface area (Å²) < 4.78 is 2.69. The maximum absolute atomic E-state index is 5.14. The first-order valence-corrected chi connectivity index (χ1v) is 5.77. The molecule has 2 aromatic rings. The van der Waals surface area contributed by atoms with E-state index in [1.54, 1.807) is 11.3 Å². The molecule has 0 saturated carbocycles. The van der Waals surface area contributed by atoms with Crippen molar-refractivity contribution in [2.75, 3.05) is 0 Å². The van der Waals surface area contributed by atoms with Gasteiger partial charge in [0, 0.05) is 17.5 Å². The average molecular weight is 225 g/mol. The van der Waals surface area contributed by atoms with E-state index in [1.165, 1.54) is 11.1 Å². The van der Waals surface area contributed by atoms with Crippen molar-refractivity contribution in [2.24, 2.45) is 0 Å². The highest BCUT2D eigenvalue weighted by Crippen LogP contribution is 2.24. The van der Waals surface area contributed by atoms with Crippen LogP contribution < -0.4 is 0 Å². The van der Waals surface area contributed by atoms with Crippen LogP contribution in [0.25, 0.3) is 11.4 Å². The lowest BCUT2D eigenvalue weighted by Crippen LogP contribution is -1.97. The molecule has 0 aliphatic heterocycles. The second kappa shape index (κ2) is 3.67. The third kappa shape index (κ3) is 1.42. The van der Waals surface area contributed by atoms with Gasteiger partial charge in [0.1, 0.15) is 0 Å². The lowest BCUT2D eigenvalue weighted by molar-refractivity contribution is 0.755. The Balaban J connectivity index is 2.63. The summed E-state index contributed by atoms with van der Waals surface area (Å²) in [6.07, 6.45) is 0. The van der Waals surface area contributed by atoms with Crippen LogP contribution in [0.5, 0.6) is 0 Å². The van der Waals surface area contributed by atoms with Crippen LogP contribution in [0.3, 0.4) is 0 Å². The number of H-pyrrole nitrogens is 1. The molecule has 3 nitrogen and oxygen atoms in total. The zero-order valence-corrected chi connectivity index (χ0v) is 9.71. The molecule has 0 aliphatic rings. The molecular formula is C9H11N3S2. The van der Waals surface area contributed by atoms with Crippen molar-refractivity contribution in [3.8, 4) is 11.4 Å². The van der Waals surface area contributed by atoms with Gasteiger partial charge in [-0.25, -0.2) is 0 Å². The van der Waals surface area contributed by atoms with E-state index in [4.69, 9.17) is 12.2 Å². The van der Waals surface area contributed by atoms with Crippen LogP contribution >= 0.6 is 23.6 Å². The zero-order chi connectivity index (χ0) is 10.1. The summed E-state index contributed by atoms with van der Waals surface area (Å²) in [4.78, 5) is 0. The maximum Gasteiger partial charge on any atom is 0.195 e. The van der Waals surface area contributed by atoms with Crippen molar-refractivity contribution in [3.63, 3.8) is 0 Å². The van der Waals surface area contributed by atoms with Crippen molar-refractivity contribution in [3.05, 3.63) is 21.1 Å². The summed E-state index contributed by atoms with van der Waals surface area (Å²) in [5, 5.41) is 11.3. The lowest BCUT2D eigenvalue weighted by Gasteiger charge is -2.01. The molecule has 5 heteroatoms. The van der Waals surface area contributed by atoms with Crippen LogP contribution in [-0.2, 0) is 6.54 Å². The monoisotopic (exact) mass is 225 g/mol. The molecule has 74 valence electrons. The third-order valence-corrected chi connectivity index (χ3v) is 3.34. The topological polar surface area (TPSA) is 33.6 Å². The summed E-state index contributed by atoms with van der Waals surface area (Å²) in [5.41, 5.74) is 2.42. The van der Waals surface area contributed by atoms with Gasteiger partial charge in [-0.1, -0.05) is 0 Å². The third-order valence-electron chi connectivity index (χ3n) is 2.17. The zero-order valence-electron chi connectivity index (χ0n) is 8.07. The summed E-state index contributed by atoms with van der Waals surface area (Å²) in [5.74, 6) is 0.941. The minimum atomic E-state index is 0.688. The van der Waals surface area contributed by atoms with Crippen LogP contribution in [0, 0.1) is 11.7 Å². The van der Waals surface area contributed by atoms with E-state index >= 15 is 0 Å². The number of thiophene rings is 1. The van der Waals surface area contributed by atoms with E-state index in [0.717, 1.165) is 12.4 Å². The summed E-state index contributed by atoms with van der Waals surface area (Å²) in [6.45, 7) is 5.00. The average Bonchev–Trinajstić information content (AvgIpc) is 2.71. The van der Waals surface area contributed by atoms with Crippen molar-refractivity contribution < 1.29 is 0 Å². The second-order valence-electron chi connectivity index (χ2n) is 3.07. The van der Waals surface area contributed by atoms with Gasteiger partial charge in [-0.2, -0.15) is 16.4 Å². The smallest absolute Gasteiger partial charge is 0.195 e. The Kier molecular flexibility index (Phi) is 2.52. The fourth-order valence-electron chi connectivity index (χ4n) is 1.41. The highest BCUT2D eigenvalue weighted by molar-refractivity contribution is 7.71. The Bertz CT molecular complexity index is 492. The van der Waals surface area contributed by atoms with E-state index in [2.05, 4.69) is 34.8 Å². The highest BCUT2D eigenvalue weighted by Gasteiger charge is 2.10. The number of rotatable bonds is 2. The molecule has 0 atom stereocenters. The molecule has 0 radical (unpaired) electrons. The Labute approximate surface area is 91.4 Å². The first-order valence-electron chi connectivity index (χ1n) is 4.42. The fraction of sp³-hybridized carbons (Fsp3) is 0.333. The molecule has 2 rings (SSSR count).